The molecule has 1 aromatic carbocycles. The molecule has 0 fully saturated rings. The summed E-state index contributed by atoms with van der Waals surface area (Å²) in [6, 6.07) is 4.71. The first kappa shape index (κ1) is 16.7. The van der Waals surface area contributed by atoms with Crippen LogP contribution in [0.5, 0.6) is 0 Å². The van der Waals surface area contributed by atoms with Gasteiger partial charge >= 0.3 is 0 Å². The van der Waals surface area contributed by atoms with E-state index in [2.05, 4.69) is 24.1 Å². The number of hydrogen-bond donors (Lipinski definition) is 1. The minimum atomic E-state index is -0.424. The molecular formula is C14H17N3O3S2. The zero-order chi connectivity index (χ0) is 16.3. The molecule has 1 heterocycles. The second-order valence-electron chi connectivity index (χ2n) is 5.28. The van der Waals surface area contributed by atoms with E-state index in [9.17, 15) is 14.9 Å². The SMILES string of the molecule is CC(C)[C@@H](C)NC(=O)CSc1nc2ccc([N+](=O)[O-])cc2s1. The Hall–Kier alpha value is -1.67. The Bertz CT molecular complexity index is 700. The minimum Gasteiger partial charge on any atom is -0.353 e. The van der Waals surface area contributed by atoms with Gasteiger partial charge < -0.3 is 5.32 Å². The molecule has 1 atom stereocenters. The number of nitrogens with one attached hydrogen (secondary N) is 1. The van der Waals surface area contributed by atoms with Gasteiger partial charge in [-0.3, -0.25) is 14.9 Å². The first-order valence-electron chi connectivity index (χ1n) is 6.84. The molecule has 1 N–H and O–H groups in total. The summed E-state index contributed by atoms with van der Waals surface area (Å²) < 4.78 is 1.50. The molecule has 1 aromatic heterocycles. The van der Waals surface area contributed by atoms with Crippen LogP contribution in [0.1, 0.15) is 20.8 Å². The lowest BCUT2D eigenvalue weighted by Crippen LogP contribution is -2.37. The lowest BCUT2D eigenvalue weighted by Gasteiger charge is -2.16. The number of nitro groups is 1. The lowest BCUT2D eigenvalue weighted by molar-refractivity contribution is -0.384. The molecule has 0 spiro atoms. The van der Waals surface area contributed by atoms with Crippen LogP contribution in [0, 0.1) is 16.0 Å². The summed E-state index contributed by atoms with van der Waals surface area (Å²) in [6.45, 7) is 6.08. The van der Waals surface area contributed by atoms with E-state index >= 15 is 0 Å². The lowest BCUT2D eigenvalue weighted by atomic mass is 10.1. The molecule has 0 aliphatic heterocycles. The third-order valence-electron chi connectivity index (χ3n) is 3.28. The average molecular weight is 339 g/mol. The van der Waals surface area contributed by atoms with Gasteiger partial charge in [0.25, 0.3) is 5.69 Å². The Kier molecular flexibility index (Phi) is 5.36. The van der Waals surface area contributed by atoms with Crippen molar-refractivity contribution < 1.29 is 9.72 Å². The summed E-state index contributed by atoms with van der Waals surface area (Å²) in [4.78, 5) is 26.6. The number of thioether (sulfide) groups is 1. The van der Waals surface area contributed by atoms with Crippen LogP contribution < -0.4 is 5.32 Å². The van der Waals surface area contributed by atoms with E-state index in [4.69, 9.17) is 0 Å². The van der Waals surface area contributed by atoms with Crippen LogP contribution in [0.25, 0.3) is 10.2 Å². The van der Waals surface area contributed by atoms with Gasteiger partial charge in [-0.1, -0.05) is 25.6 Å². The van der Waals surface area contributed by atoms with Gasteiger partial charge in [0.05, 0.1) is 20.9 Å². The van der Waals surface area contributed by atoms with Crippen molar-refractivity contribution in [3.63, 3.8) is 0 Å². The second kappa shape index (κ2) is 7.06. The van der Waals surface area contributed by atoms with Gasteiger partial charge in [0.15, 0.2) is 4.34 Å². The highest BCUT2D eigenvalue weighted by atomic mass is 32.2. The minimum absolute atomic E-state index is 0.0311. The van der Waals surface area contributed by atoms with Crippen molar-refractivity contribution in [2.45, 2.75) is 31.2 Å². The molecule has 0 aliphatic rings. The maximum atomic E-state index is 11.8. The van der Waals surface area contributed by atoms with Crippen molar-refractivity contribution >= 4 is 44.9 Å². The van der Waals surface area contributed by atoms with E-state index in [1.165, 1.54) is 35.2 Å². The first-order valence-corrected chi connectivity index (χ1v) is 8.64. The van der Waals surface area contributed by atoms with Crippen molar-refractivity contribution in [2.75, 3.05) is 5.75 Å². The van der Waals surface area contributed by atoms with Gasteiger partial charge in [-0.05, 0) is 18.9 Å². The van der Waals surface area contributed by atoms with E-state index in [-0.39, 0.29) is 17.6 Å². The highest BCUT2D eigenvalue weighted by Crippen LogP contribution is 2.31. The number of aromatic nitrogens is 1. The molecule has 0 saturated carbocycles. The topological polar surface area (TPSA) is 85.1 Å². The van der Waals surface area contributed by atoms with Crippen molar-refractivity contribution in [2.24, 2.45) is 5.92 Å². The summed E-state index contributed by atoms with van der Waals surface area (Å²) in [5.74, 6) is 0.646. The van der Waals surface area contributed by atoms with E-state index in [0.29, 0.717) is 17.2 Å². The Morgan fingerprint density at radius 1 is 1.45 bits per heavy atom. The zero-order valence-electron chi connectivity index (χ0n) is 12.5. The number of carbonyl (C=O) groups excluding carboxylic acids is 1. The average Bonchev–Trinajstić information content (AvgIpc) is 2.86. The maximum absolute atomic E-state index is 11.8. The summed E-state index contributed by atoms with van der Waals surface area (Å²) in [5.41, 5.74) is 0.769. The van der Waals surface area contributed by atoms with Crippen molar-refractivity contribution in [1.29, 1.82) is 0 Å². The predicted octanol–water partition coefficient (Wildman–Crippen LogP) is 3.46. The van der Waals surface area contributed by atoms with Gasteiger partial charge in [0.1, 0.15) is 0 Å². The van der Waals surface area contributed by atoms with Crippen LogP contribution in [0.2, 0.25) is 0 Å². The van der Waals surface area contributed by atoms with Gasteiger partial charge in [-0.15, -0.1) is 11.3 Å². The maximum Gasteiger partial charge on any atom is 0.270 e. The van der Waals surface area contributed by atoms with Gasteiger partial charge in [0.2, 0.25) is 5.91 Å². The Morgan fingerprint density at radius 2 is 2.18 bits per heavy atom. The van der Waals surface area contributed by atoms with Crippen LogP contribution in [0.3, 0.4) is 0 Å². The molecule has 0 bridgehead atoms. The number of amides is 1. The molecule has 2 rings (SSSR count). The second-order valence-corrected chi connectivity index (χ2v) is 7.53. The van der Waals surface area contributed by atoms with Crippen LogP contribution >= 0.6 is 23.1 Å². The van der Waals surface area contributed by atoms with Crippen LogP contribution in [0.4, 0.5) is 5.69 Å². The van der Waals surface area contributed by atoms with Crippen molar-refractivity contribution in [3.05, 3.63) is 28.3 Å². The molecule has 0 aliphatic carbocycles. The summed E-state index contributed by atoms with van der Waals surface area (Å²) in [5, 5.41) is 13.7. The third kappa shape index (κ3) is 4.17. The van der Waals surface area contributed by atoms with Gasteiger partial charge in [-0.25, -0.2) is 4.98 Å². The van der Waals surface area contributed by atoms with E-state index in [1.807, 2.05) is 6.92 Å². The quantitative estimate of drug-likeness (QED) is 0.495. The fourth-order valence-electron chi connectivity index (χ4n) is 1.66. The van der Waals surface area contributed by atoms with E-state index < -0.39 is 4.92 Å². The van der Waals surface area contributed by atoms with Gasteiger partial charge in [-0.2, -0.15) is 0 Å². The fraction of sp³-hybridized carbons (Fsp3) is 0.429. The third-order valence-corrected chi connectivity index (χ3v) is 5.44. The number of carbonyl (C=O) groups is 1. The molecule has 22 heavy (non-hydrogen) atoms. The predicted molar refractivity (Wildman–Crippen MR) is 89.4 cm³/mol. The summed E-state index contributed by atoms with van der Waals surface area (Å²) in [6.07, 6.45) is 0. The number of nitrogens with zero attached hydrogens (tertiary/aromatic N) is 2. The Morgan fingerprint density at radius 3 is 2.82 bits per heavy atom. The van der Waals surface area contributed by atoms with E-state index in [1.54, 1.807) is 6.07 Å². The standard InChI is InChI=1S/C14H17N3O3S2/c1-8(2)9(3)15-13(18)7-21-14-16-11-5-4-10(17(19)20)6-12(11)22-14/h4-6,8-9H,7H2,1-3H3,(H,15,18)/t9-/m1/s1. The molecule has 2 aromatic rings. The molecule has 6 nitrogen and oxygen atoms in total. The number of non-ortho nitro benzene ring substituents is 1. The highest BCUT2D eigenvalue weighted by Gasteiger charge is 2.14. The van der Waals surface area contributed by atoms with Crippen molar-refractivity contribution in [1.82, 2.24) is 10.3 Å². The van der Waals surface area contributed by atoms with Crippen LogP contribution in [-0.4, -0.2) is 27.6 Å². The normalized spacial score (nSPS) is 12.5. The monoisotopic (exact) mass is 339 g/mol. The van der Waals surface area contributed by atoms with Crippen LogP contribution in [-0.2, 0) is 4.79 Å². The highest BCUT2D eigenvalue weighted by molar-refractivity contribution is 8.01. The number of hydrogen-bond acceptors (Lipinski definition) is 6. The molecular weight excluding hydrogens is 322 g/mol. The molecule has 0 radical (unpaired) electrons. The number of fused-ring (bicyclic) bond motifs is 1. The Balaban J connectivity index is 2.00. The fourth-order valence-corrected chi connectivity index (χ4v) is 3.57. The number of nitro benzene ring substituents is 1. The van der Waals surface area contributed by atoms with Crippen LogP contribution in [0.15, 0.2) is 22.5 Å². The van der Waals surface area contributed by atoms with E-state index in [0.717, 1.165) is 9.04 Å². The number of rotatable bonds is 6. The molecule has 118 valence electrons. The molecule has 8 heteroatoms. The molecule has 0 saturated heterocycles. The smallest absolute Gasteiger partial charge is 0.270 e. The Labute approximate surface area is 136 Å². The van der Waals surface area contributed by atoms with Gasteiger partial charge in [0, 0.05) is 18.2 Å². The van der Waals surface area contributed by atoms with Crippen molar-refractivity contribution in [3.8, 4) is 0 Å². The molecule has 1 amide bonds. The number of thiazole rings is 1. The molecule has 0 unspecified atom stereocenters. The summed E-state index contributed by atoms with van der Waals surface area (Å²) >= 11 is 2.71. The summed E-state index contributed by atoms with van der Waals surface area (Å²) in [7, 11) is 0. The largest absolute Gasteiger partial charge is 0.353 e. The first-order chi connectivity index (χ1) is 10.4. The zero-order valence-corrected chi connectivity index (χ0v) is 14.2. The number of benzene rings is 1.